The van der Waals surface area contributed by atoms with Crippen LogP contribution >= 0.6 is 0 Å². The van der Waals surface area contributed by atoms with Gasteiger partial charge in [0.25, 0.3) is 0 Å². The molecule has 1 aliphatic heterocycles. The fourth-order valence-electron chi connectivity index (χ4n) is 2.90. The third-order valence-corrected chi connectivity index (χ3v) is 6.27. The first-order chi connectivity index (χ1) is 8.54. The van der Waals surface area contributed by atoms with Gasteiger partial charge in [0.1, 0.15) is 0 Å². The molecule has 0 amide bonds. The molecule has 0 aromatic carbocycles. The van der Waals surface area contributed by atoms with E-state index in [0.717, 1.165) is 12.0 Å². The third kappa shape index (κ3) is 4.65. The zero-order chi connectivity index (χ0) is 13.1. The van der Waals surface area contributed by atoms with Crippen LogP contribution < -0.4 is 0 Å². The Labute approximate surface area is 113 Å². The Bertz CT molecular complexity index is 247. The molecule has 0 spiro atoms. The van der Waals surface area contributed by atoms with Crippen molar-refractivity contribution in [1.82, 2.24) is 0 Å². The van der Waals surface area contributed by atoms with Crippen LogP contribution in [0.2, 0.25) is 6.04 Å². The Morgan fingerprint density at radius 1 is 1.06 bits per heavy atom. The van der Waals surface area contributed by atoms with Crippen molar-refractivity contribution in [3.05, 3.63) is 0 Å². The average Bonchev–Trinajstić information content (AvgIpc) is 3.02. The van der Waals surface area contributed by atoms with Crippen LogP contribution in [0.25, 0.3) is 0 Å². The van der Waals surface area contributed by atoms with E-state index in [0.29, 0.717) is 24.4 Å². The van der Waals surface area contributed by atoms with Crippen LogP contribution in [0, 0.1) is 5.92 Å². The summed E-state index contributed by atoms with van der Waals surface area (Å²) in [6.07, 6.45) is 6.96. The van der Waals surface area contributed by atoms with Crippen molar-refractivity contribution in [3.63, 3.8) is 0 Å². The lowest BCUT2D eigenvalue weighted by atomic mass is 9.88. The summed E-state index contributed by atoms with van der Waals surface area (Å²) in [4.78, 5) is 0. The lowest BCUT2D eigenvalue weighted by molar-refractivity contribution is 0.128. The van der Waals surface area contributed by atoms with Gasteiger partial charge >= 0.3 is 9.28 Å². The molecule has 0 N–H and O–H groups in total. The number of fused-ring (bicyclic) bond motifs is 1. The summed E-state index contributed by atoms with van der Waals surface area (Å²) in [7, 11) is -1.47. The van der Waals surface area contributed by atoms with Gasteiger partial charge in [0, 0.05) is 12.2 Å². The summed E-state index contributed by atoms with van der Waals surface area (Å²) >= 11 is 0. The van der Waals surface area contributed by atoms with Crippen molar-refractivity contribution in [3.8, 4) is 0 Å². The minimum Gasteiger partial charge on any atom is -0.394 e. The average molecular weight is 272 g/mol. The molecule has 1 heterocycles. The van der Waals surface area contributed by atoms with Crippen molar-refractivity contribution in [2.45, 2.75) is 83.8 Å². The minimum absolute atomic E-state index is 0.294. The zero-order valence-corrected chi connectivity index (χ0v) is 13.4. The monoisotopic (exact) mass is 272 g/mol. The molecule has 1 saturated carbocycles. The molecule has 2 fully saturated rings. The van der Waals surface area contributed by atoms with Gasteiger partial charge in [-0.1, -0.05) is 0 Å². The number of rotatable bonds is 7. The molecular weight excluding hydrogens is 244 g/mol. The van der Waals surface area contributed by atoms with Gasteiger partial charge in [-0.15, -0.1) is 0 Å². The van der Waals surface area contributed by atoms with E-state index in [4.69, 9.17) is 13.6 Å². The molecule has 0 radical (unpaired) electrons. The Balaban J connectivity index is 1.69. The second kappa shape index (κ2) is 6.50. The highest BCUT2D eigenvalue weighted by molar-refractivity contribution is 6.44. The Morgan fingerprint density at radius 3 is 2.28 bits per heavy atom. The Hall–Kier alpha value is 0.0969. The first-order valence-corrected chi connectivity index (χ1v) is 9.27. The van der Waals surface area contributed by atoms with Crippen LogP contribution in [0.5, 0.6) is 0 Å². The molecule has 18 heavy (non-hydrogen) atoms. The van der Waals surface area contributed by atoms with Gasteiger partial charge in [-0.25, -0.2) is 0 Å². The summed E-state index contributed by atoms with van der Waals surface area (Å²) in [5.74, 6) is 0.843. The van der Waals surface area contributed by atoms with Crippen molar-refractivity contribution in [2.24, 2.45) is 5.92 Å². The summed E-state index contributed by atoms with van der Waals surface area (Å²) in [5.41, 5.74) is 0. The van der Waals surface area contributed by atoms with E-state index in [9.17, 15) is 0 Å². The van der Waals surface area contributed by atoms with Gasteiger partial charge in [0.05, 0.1) is 12.2 Å². The maximum absolute atomic E-state index is 5.97. The second-order valence-corrected chi connectivity index (χ2v) is 8.25. The third-order valence-electron chi connectivity index (χ3n) is 3.77. The van der Waals surface area contributed by atoms with Crippen molar-refractivity contribution in [1.29, 1.82) is 0 Å². The molecule has 3 unspecified atom stereocenters. The Kier molecular flexibility index (Phi) is 5.24. The Morgan fingerprint density at radius 2 is 1.72 bits per heavy atom. The molecule has 1 aliphatic carbocycles. The highest BCUT2D eigenvalue weighted by Crippen LogP contribution is 2.41. The van der Waals surface area contributed by atoms with E-state index in [1.807, 2.05) is 0 Å². The molecular formula is C14H28O3Si. The van der Waals surface area contributed by atoms with Gasteiger partial charge in [0.2, 0.25) is 0 Å². The normalized spacial score (nSPS) is 31.2. The summed E-state index contributed by atoms with van der Waals surface area (Å²) in [6.45, 7) is 8.42. The van der Waals surface area contributed by atoms with Crippen LogP contribution in [0.15, 0.2) is 0 Å². The first-order valence-electron chi connectivity index (χ1n) is 7.51. The van der Waals surface area contributed by atoms with E-state index in [1.54, 1.807) is 0 Å². The van der Waals surface area contributed by atoms with E-state index < -0.39 is 9.28 Å². The molecule has 0 aromatic rings. The minimum atomic E-state index is -1.47. The summed E-state index contributed by atoms with van der Waals surface area (Å²) in [5, 5.41) is 0. The fraction of sp³-hybridized carbons (Fsp3) is 1.00. The summed E-state index contributed by atoms with van der Waals surface area (Å²) in [6, 6.07) is 1.15. The molecule has 0 bridgehead atoms. The van der Waals surface area contributed by atoms with Crippen molar-refractivity contribution >= 4 is 9.28 Å². The highest BCUT2D eigenvalue weighted by atomic mass is 28.3. The van der Waals surface area contributed by atoms with Crippen LogP contribution in [-0.2, 0) is 13.6 Å². The number of epoxide rings is 1. The number of ether oxygens (including phenoxy) is 1. The SMILES string of the molecule is CC(C)O[SiH](CCC1CCC2OC2C1)OC(C)C. The van der Waals surface area contributed by atoms with Gasteiger partial charge in [-0.3, -0.25) is 0 Å². The van der Waals surface area contributed by atoms with Gasteiger partial charge in [-0.05, 0) is 65.3 Å². The molecule has 4 heteroatoms. The predicted octanol–water partition coefficient (Wildman–Crippen LogP) is 3.01. The second-order valence-electron chi connectivity index (χ2n) is 6.27. The highest BCUT2D eigenvalue weighted by Gasteiger charge is 2.43. The summed E-state index contributed by atoms with van der Waals surface area (Å²) < 4.78 is 17.5. The van der Waals surface area contributed by atoms with E-state index in [2.05, 4.69) is 27.7 Å². The quantitative estimate of drug-likeness (QED) is 0.527. The zero-order valence-electron chi connectivity index (χ0n) is 12.2. The number of hydrogen-bond donors (Lipinski definition) is 0. The maximum Gasteiger partial charge on any atom is 0.321 e. The molecule has 3 nitrogen and oxygen atoms in total. The van der Waals surface area contributed by atoms with Crippen LogP contribution in [-0.4, -0.2) is 33.7 Å². The molecule has 3 atom stereocenters. The standard InChI is InChI=1S/C14H28O3Si/c1-10(2)16-18(17-11(3)4)8-7-12-5-6-13-14(9-12)15-13/h10-14,18H,5-9H2,1-4H3. The van der Waals surface area contributed by atoms with Crippen molar-refractivity contribution in [2.75, 3.05) is 0 Å². The maximum atomic E-state index is 5.97. The lowest BCUT2D eigenvalue weighted by Gasteiger charge is -2.24. The smallest absolute Gasteiger partial charge is 0.321 e. The fourth-order valence-corrected chi connectivity index (χ4v) is 5.19. The molecule has 2 aliphatic rings. The van der Waals surface area contributed by atoms with Crippen molar-refractivity contribution < 1.29 is 13.6 Å². The molecule has 0 aromatic heterocycles. The van der Waals surface area contributed by atoms with Crippen LogP contribution in [0.1, 0.15) is 53.4 Å². The predicted molar refractivity (Wildman–Crippen MR) is 75.0 cm³/mol. The van der Waals surface area contributed by atoms with Gasteiger partial charge < -0.3 is 13.6 Å². The van der Waals surface area contributed by atoms with Crippen LogP contribution in [0.4, 0.5) is 0 Å². The largest absolute Gasteiger partial charge is 0.394 e. The topological polar surface area (TPSA) is 31.0 Å². The van der Waals surface area contributed by atoms with E-state index in [-0.39, 0.29) is 0 Å². The number of hydrogen-bond acceptors (Lipinski definition) is 3. The lowest BCUT2D eigenvalue weighted by Crippen LogP contribution is -2.30. The molecule has 106 valence electrons. The van der Waals surface area contributed by atoms with E-state index in [1.165, 1.54) is 25.7 Å². The van der Waals surface area contributed by atoms with Gasteiger partial charge in [-0.2, -0.15) is 0 Å². The van der Waals surface area contributed by atoms with E-state index >= 15 is 0 Å². The van der Waals surface area contributed by atoms with Crippen LogP contribution in [0.3, 0.4) is 0 Å². The molecule has 2 rings (SSSR count). The molecule has 1 saturated heterocycles. The first kappa shape index (κ1) is 14.5. The van der Waals surface area contributed by atoms with Gasteiger partial charge in [0.15, 0.2) is 0 Å².